The zero-order valence-corrected chi connectivity index (χ0v) is 16.3. The molecule has 1 amide bonds. The lowest BCUT2D eigenvalue weighted by molar-refractivity contribution is -0.140. The van der Waals surface area contributed by atoms with Crippen molar-refractivity contribution in [1.82, 2.24) is 5.32 Å². The summed E-state index contributed by atoms with van der Waals surface area (Å²) in [5, 5.41) is 2.57. The van der Waals surface area contributed by atoms with Gasteiger partial charge in [-0.3, -0.25) is 4.79 Å². The Labute approximate surface area is 161 Å². The Kier molecular flexibility index (Phi) is 5.74. The summed E-state index contributed by atoms with van der Waals surface area (Å²) in [5.74, 6) is -1.12. The second-order valence-corrected chi connectivity index (χ2v) is 7.69. The first kappa shape index (κ1) is 18.3. The number of hydrogen-bond acceptors (Lipinski definition) is 3. The Bertz CT molecular complexity index is 750. The molecule has 1 saturated carbocycles. The first-order valence-electron chi connectivity index (χ1n) is 7.88. The van der Waals surface area contributed by atoms with E-state index in [4.69, 9.17) is 4.74 Å². The van der Waals surface area contributed by atoms with Gasteiger partial charge in [0, 0.05) is 33.3 Å². The van der Waals surface area contributed by atoms with E-state index in [0.717, 1.165) is 14.5 Å². The average molecular weight is 473 g/mol. The maximum atomic E-state index is 14.0. The number of carbonyl (C=O) groups excluding carboxylic acids is 2. The van der Waals surface area contributed by atoms with E-state index in [1.165, 1.54) is 6.08 Å². The fourth-order valence-corrected chi connectivity index (χ4v) is 3.47. The molecule has 1 N–H and O–H groups in total. The van der Waals surface area contributed by atoms with Crippen LogP contribution in [-0.2, 0) is 14.3 Å². The molecule has 1 aromatic carbocycles. The molecule has 1 aliphatic heterocycles. The minimum Gasteiger partial charge on any atom is -0.464 e. The van der Waals surface area contributed by atoms with E-state index >= 15 is 0 Å². The van der Waals surface area contributed by atoms with Crippen LogP contribution in [-0.4, -0.2) is 30.7 Å². The van der Waals surface area contributed by atoms with Crippen LogP contribution in [0.3, 0.4) is 0 Å². The number of ether oxygens (including phenoxy) is 1. The SMILES string of the molecule is O=C(/C=C/C=C/C1C(F)C1c1ccc(Br)c(Br)c1)NC1CCOC1=O. The molecule has 1 aliphatic carbocycles. The molecule has 3 rings (SSSR count). The van der Waals surface area contributed by atoms with Crippen LogP contribution in [0.4, 0.5) is 4.39 Å². The Balaban J connectivity index is 1.51. The van der Waals surface area contributed by atoms with Crippen LogP contribution >= 0.6 is 31.9 Å². The number of esters is 1. The van der Waals surface area contributed by atoms with Gasteiger partial charge in [-0.25, -0.2) is 9.18 Å². The zero-order valence-electron chi connectivity index (χ0n) is 13.1. The molecule has 1 saturated heterocycles. The van der Waals surface area contributed by atoms with Crippen LogP contribution in [0.2, 0.25) is 0 Å². The lowest BCUT2D eigenvalue weighted by atomic mass is 10.1. The molecule has 132 valence electrons. The fourth-order valence-electron chi connectivity index (χ4n) is 2.83. The van der Waals surface area contributed by atoms with E-state index in [0.29, 0.717) is 13.0 Å². The Morgan fingerprint density at radius 3 is 2.76 bits per heavy atom. The molecule has 4 nitrogen and oxygen atoms in total. The normalized spacial score (nSPS) is 28.5. The summed E-state index contributed by atoms with van der Waals surface area (Å²) < 4.78 is 20.6. The zero-order chi connectivity index (χ0) is 18.0. The van der Waals surface area contributed by atoms with Gasteiger partial charge in [-0.15, -0.1) is 0 Å². The minimum atomic E-state index is -0.917. The van der Waals surface area contributed by atoms with E-state index < -0.39 is 18.2 Å². The van der Waals surface area contributed by atoms with Gasteiger partial charge in [-0.2, -0.15) is 0 Å². The highest BCUT2D eigenvalue weighted by Crippen LogP contribution is 2.51. The lowest BCUT2D eigenvalue weighted by Crippen LogP contribution is -2.36. The summed E-state index contributed by atoms with van der Waals surface area (Å²) in [6, 6.07) is 5.15. The molecule has 4 unspecified atom stereocenters. The molecule has 0 radical (unpaired) electrons. The standard InChI is InChI=1S/C18H16Br2FNO3/c19-12-6-5-10(9-13(12)20)16-11(17(16)21)3-1-2-4-15(23)22-14-7-8-25-18(14)24/h1-6,9,11,14,16-17H,7-8H2,(H,22,23)/b3-1+,4-2+. The van der Waals surface area contributed by atoms with Crippen molar-refractivity contribution in [3.05, 3.63) is 57.0 Å². The highest BCUT2D eigenvalue weighted by Gasteiger charge is 2.50. The van der Waals surface area contributed by atoms with Crippen molar-refractivity contribution in [1.29, 1.82) is 0 Å². The topological polar surface area (TPSA) is 55.4 Å². The summed E-state index contributed by atoms with van der Waals surface area (Å²) in [6.45, 7) is 0.334. The maximum Gasteiger partial charge on any atom is 0.328 e. The lowest BCUT2D eigenvalue weighted by Gasteiger charge is -2.04. The molecule has 4 atom stereocenters. The van der Waals surface area contributed by atoms with Crippen LogP contribution in [0.15, 0.2) is 51.4 Å². The number of cyclic esters (lactones) is 1. The molecule has 2 aliphatic rings. The molecule has 2 fully saturated rings. The van der Waals surface area contributed by atoms with Gasteiger partial charge in [0.25, 0.3) is 0 Å². The molecule has 0 spiro atoms. The molecule has 1 heterocycles. The van der Waals surface area contributed by atoms with Gasteiger partial charge in [0.15, 0.2) is 0 Å². The van der Waals surface area contributed by atoms with E-state index in [2.05, 4.69) is 37.2 Å². The number of allylic oxidation sites excluding steroid dienone is 3. The highest BCUT2D eigenvalue weighted by molar-refractivity contribution is 9.13. The number of rotatable bonds is 5. The van der Waals surface area contributed by atoms with Crippen LogP contribution in [0.25, 0.3) is 0 Å². The van der Waals surface area contributed by atoms with Gasteiger partial charge in [0.1, 0.15) is 12.2 Å². The fraction of sp³-hybridized carbons (Fsp3) is 0.333. The predicted octanol–water partition coefficient (Wildman–Crippen LogP) is 3.81. The maximum absolute atomic E-state index is 14.0. The van der Waals surface area contributed by atoms with Crippen molar-refractivity contribution in [2.45, 2.75) is 24.6 Å². The predicted molar refractivity (Wildman–Crippen MR) is 98.8 cm³/mol. The third-order valence-electron chi connectivity index (χ3n) is 4.26. The van der Waals surface area contributed by atoms with Gasteiger partial charge in [-0.1, -0.05) is 24.3 Å². The molecular formula is C18H16Br2FNO3. The molecule has 0 aromatic heterocycles. The van der Waals surface area contributed by atoms with Gasteiger partial charge in [-0.05, 0) is 49.6 Å². The summed E-state index contributed by atoms with van der Waals surface area (Å²) in [4.78, 5) is 23.0. The number of nitrogens with one attached hydrogen (secondary N) is 1. The second kappa shape index (κ2) is 7.83. The third kappa shape index (κ3) is 4.39. The minimum absolute atomic E-state index is 0.156. The van der Waals surface area contributed by atoms with Crippen LogP contribution in [0, 0.1) is 5.92 Å². The number of halogens is 3. The van der Waals surface area contributed by atoms with E-state index in [1.807, 2.05) is 18.2 Å². The molecule has 25 heavy (non-hydrogen) atoms. The van der Waals surface area contributed by atoms with Crippen molar-refractivity contribution in [3.63, 3.8) is 0 Å². The second-order valence-electron chi connectivity index (χ2n) is 5.98. The van der Waals surface area contributed by atoms with Crippen molar-refractivity contribution in [2.24, 2.45) is 5.92 Å². The number of amides is 1. The molecule has 1 aromatic rings. The third-order valence-corrected chi connectivity index (χ3v) is 6.14. The van der Waals surface area contributed by atoms with Crippen molar-refractivity contribution in [3.8, 4) is 0 Å². The summed E-state index contributed by atoms with van der Waals surface area (Å²) >= 11 is 6.82. The van der Waals surface area contributed by atoms with Crippen molar-refractivity contribution in [2.75, 3.05) is 6.61 Å². The number of carbonyl (C=O) groups is 2. The van der Waals surface area contributed by atoms with Crippen molar-refractivity contribution < 1.29 is 18.7 Å². The smallest absolute Gasteiger partial charge is 0.328 e. The Morgan fingerprint density at radius 1 is 1.28 bits per heavy atom. The number of hydrogen-bond donors (Lipinski definition) is 1. The van der Waals surface area contributed by atoms with Gasteiger partial charge in [0.05, 0.1) is 6.61 Å². The quantitative estimate of drug-likeness (QED) is 0.402. The first-order chi connectivity index (χ1) is 12.0. The van der Waals surface area contributed by atoms with Crippen molar-refractivity contribution >= 4 is 43.7 Å². The number of benzene rings is 1. The van der Waals surface area contributed by atoms with Gasteiger partial charge >= 0.3 is 5.97 Å². The Hall–Kier alpha value is -1.47. The van der Waals surface area contributed by atoms with E-state index in [1.54, 1.807) is 18.2 Å². The van der Waals surface area contributed by atoms with Gasteiger partial charge in [0.2, 0.25) is 5.91 Å². The van der Waals surface area contributed by atoms with E-state index in [-0.39, 0.29) is 17.7 Å². The monoisotopic (exact) mass is 471 g/mol. The van der Waals surface area contributed by atoms with Gasteiger partial charge < -0.3 is 10.1 Å². The average Bonchev–Trinajstić information content (AvgIpc) is 3.04. The van der Waals surface area contributed by atoms with Crippen LogP contribution in [0.5, 0.6) is 0 Å². The molecule has 7 heteroatoms. The summed E-state index contributed by atoms with van der Waals surface area (Å²) in [6.07, 6.45) is 5.87. The highest BCUT2D eigenvalue weighted by atomic mass is 79.9. The number of alkyl halides is 1. The molecular weight excluding hydrogens is 457 g/mol. The molecule has 0 bridgehead atoms. The summed E-state index contributed by atoms with van der Waals surface area (Å²) in [5.41, 5.74) is 0.943. The van der Waals surface area contributed by atoms with Crippen LogP contribution < -0.4 is 5.32 Å². The first-order valence-corrected chi connectivity index (χ1v) is 9.47. The largest absolute Gasteiger partial charge is 0.464 e. The van der Waals surface area contributed by atoms with Crippen LogP contribution in [0.1, 0.15) is 17.9 Å². The van der Waals surface area contributed by atoms with E-state index in [9.17, 15) is 14.0 Å². The Morgan fingerprint density at radius 2 is 2.08 bits per heavy atom. The summed E-state index contributed by atoms with van der Waals surface area (Å²) in [7, 11) is 0.